The van der Waals surface area contributed by atoms with E-state index >= 15 is 0 Å². The standard InChI is InChI=1S/C16H15N3O/c20-16(19-11-13-2-1-6-17-10-13)9-12-3-4-14-5-7-18-15(14)8-12/h1-8,10,18H,9,11H2,(H,19,20). The molecule has 100 valence electrons. The van der Waals surface area contributed by atoms with E-state index in [1.54, 1.807) is 12.4 Å². The number of nitrogens with one attached hydrogen (secondary N) is 2. The van der Waals surface area contributed by atoms with Crippen LogP contribution in [0.5, 0.6) is 0 Å². The third kappa shape index (κ3) is 2.85. The molecule has 0 aliphatic rings. The Morgan fingerprint density at radius 3 is 3.00 bits per heavy atom. The average Bonchev–Trinajstić information content (AvgIpc) is 2.94. The van der Waals surface area contributed by atoms with Crippen molar-refractivity contribution in [2.75, 3.05) is 0 Å². The maximum Gasteiger partial charge on any atom is 0.224 e. The van der Waals surface area contributed by atoms with E-state index in [1.807, 2.05) is 42.6 Å². The normalized spacial score (nSPS) is 10.6. The second-order valence-corrected chi connectivity index (χ2v) is 4.71. The van der Waals surface area contributed by atoms with Gasteiger partial charge in [0.2, 0.25) is 5.91 Å². The molecule has 0 saturated heterocycles. The number of benzene rings is 1. The van der Waals surface area contributed by atoms with Crippen molar-refractivity contribution in [2.45, 2.75) is 13.0 Å². The van der Waals surface area contributed by atoms with Crippen molar-refractivity contribution in [2.24, 2.45) is 0 Å². The molecule has 1 aromatic carbocycles. The first kappa shape index (κ1) is 12.4. The van der Waals surface area contributed by atoms with E-state index in [2.05, 4.69) is 15.3 Å². The summed E-state index contributed by atoms with van der Waals surface area (Å²) in [4.78, 5) is 19.1. The highest BCUT2D eigenvalue weighted by atomic mass is 16.1. The van der Waals surface area contributed by atoms with Crippen LogP contribution in [0.4, 0.5) is 0 Å². The summed E-state index contributed by atoms with van der Waals surface area (Å²) < 4.78 is 0. The number of rotatable bonds is 4. The van der Waals surface area contributed by atoms with Gasteiger partial charge in [0.05, 0.1) is 6.42 Å². The molecule has 0 radical (unpaired) electrons. The Morgan fingerprint density at radius 1 is 1.20 bits per heavy atom. The molecule has 0 saturated carbocycles. The van der Waals surface area contributed by atoms with Gasteiger partial charge in [0.15, 0.2) is 0 Å². The van der Waals surface area contributed by atoms with Crippen molar-refractivity contribution in [1.82, 2.24) is 15.3 Å². The summed E-state index contributed by atoms with van der Waals surface area (Å²) in [5, 5.41) is 4.06. The first-order valence-corrected chi connectivity index (χ1v) is 6.53. The van der Waals surface area contributed by atoms with Gasteiger partial charge in [-0.2, -0.15) is 0 Å². The molecular formula is C16H15N3O. The SMILES string of the molecule is O=C(Cc1ccc2cc[nH]c2c1)NCc1cccnc1. The number of amides is 1. The number of pyridine rings is 1. The monoisotopic (exact) mass is 265 g/mol. The average molecular weight is 265 g/mol. The highest BCUT2D eigenvalue weighted by molar-refractivity contribution is 5.83. The van der Waals surface area contributed by atoms with Crippen LogP contribution in [0.3, 0.4) is 0 Å². The van der Waals surface area contributed by atoms with E-state index in [1.165, 1.54) is 0 Å². The summed E-state index contributed by atoms with van der Waals surface area (Å²) in [6.45, 7) is 0.511. The Hall–Kier alpha value is -2.62. The van der Waals surface area contributed by atoms with E-state index in [9.17, 15) is 4.79 Å². The van der Waals surface area contributed by atoms with Crippen LogP contribution in [-0.2, 0) is 17.8 Å². The van der Waals surface area contributed by atoms with Crippen molar-refractivity contribution in [1.29, 1.82) is 0 Å². The Bertz CT molecular complexity index is 719. The van der Waals surface area contributed by atoms with Crippen LogP contribution in [0.2, 0.25) is 0 Å². The lowest BCUT2D eigenvalue weighted by Crippen LogP contribution is -2.24. The lowest BCUT2D eigenvalue weighted by molar-refractivity contribution is -0.120. The fourth-order valence-corrected chi connectivity index (χ4v) is 2.16. The number of carbonyl (C=O) groups is 1. The topological polar surface area (TPSA) is 57.8 Å². The van der Waals surface area contributed by atoms with Crippen molar-refractivity contribution in [3.8, 4) is 0 Å². The smallest absolute Gasteiger partial charge is 0.224 e. The highest BCUT2D eigenvalue weighted by Crippen LogP contribution is 2.14. The Morgan fingerprint density at radius 2 is 2.15 bits per heavy atom. The van der Waals surface area contributed by atoms with Gasteiger partial charge in [-0.1, -0.05) is 18.2 Å². The molecule has 4 heteroatoms. The van der Waals surface area contributed by atoms with E-state index in [0.29, 0.717) is 13.0 Å². The number of nitrogens with zero attached hydrogens (tertiary/aromatic N) is 1. The number of hydrogen-bond acceptors (Lipinski definition) is 2. The van der Waals surface area contributed by atoms with Crippen LogP contribution in [0.1, 0.15) is 11.1 Å². The summed E-state index contributed by atoms with van der Waals surface area (Å²) in [6, 6.07) is 11.8. The van der Waals surface area contributed by atoms with Crippen LogP contribution >= 0.6 is 0 Å². The molecule has 0 atom stereocenters. The number of fused-ring (bicyclic) bond motifs is 1. The molecule has 2 N–H and O–H groups in total. The quantitative estimate of drug-likeness (QED) is 0.761. The zero-order valence-electron chi connectivity index (χ0n) is 11.0. The third-order valence-electron chi connectivity index (χ3n) is 3.20. The Labute approximate surface area is 116 Å². The molecule has 2 aromatic heterocycles. The number of aromatic amines is 1. The minimum Gasteiger partial charge on any atom is -0.361 e. The number of hydrogen-bond donors (Lipinski definition) is 2. The fourth-order valence-electron chi connectivity index (χ4n) is 2.16. The van der Waals surface area contributed by atoms with Crippen LogP contribution in [-0.4, -0.2) is 15.9 Å². The van der Waals surface area contributed by atoms with Crippen molar-refractivity contribution < 1.29 is 4.79 Å². The van der Waals surface area contributed by atoms with E-state index < -0.39 is 0 Å². The summed E-state index contributed by atoms with van der Waals surface area (Å²) in [5.74, 6) is 0.0137. The van der Waals surface area contributed by atoms with Gasteiger partial charge in [-0.3, -0.25) is 9.78 Å². The minimum atomic E-state index is 0.0137. The van der Waals surface area contributed by atoms with Crippen molar-refractivity contribution in [3.63, 3.8) is 0 Å². The molecule has 20 heavy (non-hydrogen) atoms. The van der Waals surface area contributed by atoms with Crippen LogP contribution in [0, 0.1) is 0 Å². The van der Waals surface area contributed by atoms with E-state index in [4.69, 9.17) is 0 Å². The molecule has 0 fully saturated rings. The molecule has 0 spiro atoms. The van der Waals surface area contributed by atoms with Crippen molar-refractivity contribution >= 4 is 16.8 Å². The Kier molecular flexibility index (Phi) is 3.46. The van der Waals surface area contributed by atoms with Gasteiger partial charge in [-0.15, -0.1) is 0 Å². The zero-order valence-corrected chi connectivity index (χ0v) is 11.0. The first-order chi connectivity index (χ1) is 9.81. The lowest BCUT2D eigenvalue weighted by Gasteiger charge is -2.05. The third-order valence-corrected chi connectivity index (χ3v) is 3.20. The molecule has 0 unspecified atom stereocenters. The zero-order chi connectivity index (χ0) is 13.8. The second-order valence-electron chi connectivity index (χ2n) is 4.71. The molecule has 0 bridgehead atoms. The van der Waals surface area contributed by atoms with Gasteiger partial charge in [-0.25, -0.2) is 0 Å². The largest absolute Gasteiger partial charge is 0.361 e. The Balaban J connectivity index is 1.61. The first-order valence-electron chi connectivity index (χ1n) is 6.53. The van der Waals surface area contributed by atoms with E-state index in [-0.39, 0.29) is 5.91 Å². The van der Waals surface area contributed by atoms with Crippen LogP contribution in [0.25, 0.3) is 10.9 Å². The van der Waals surface area contributed by atoms with E-state index in [0.717, 1.165) is 22.0 Å². The number of carbonyl (C=O) groups excluding carboxylic acids is 1. The van der Waals surface area contributed by atoms with Gasteiger partial charge in [0, 0.05) is 30.7 Å². The fraction of sp³-hybridized carbons (Fsp3) is 0.125. The van der Waals surface area contributed by atoms with Crippen molar-refractivity contribution in [3.05, 3.63) is 66.1 Å². The van der Waals surface area contributed by atoms with Gasteiger partial charge >= 0.3 is 0 Å². The highest BCUT2D eigenvalue weighted by Gasteiger charge is 2.04. The maximum atomic E-state index is 11.9. The predicted octanol–water partition coefficient (Wildman–Crippen LogP) is 2.42. The van der Waals surface area contributed by atoms with Gasteiger partial charge in [0.1, 0.15) is 0 Å². The number of H-pyrrole nitrogens is 1. The molecule has 1 amide bonds. The second kappa shape index (κ2) is 5.57. The molecule has 3 rings (SSSR count). The molecule has 0 aliphatic carbocycles. The summed E-state index contributed by atoms with van der Waals surface area (Å²) in [6.07, 6.45) is 5.76. The van der Waals surface area contributed by atoms with Crippen LogP contribution in [0.15, 0.2) is 55.0 Å². The van der Waals surface area contributed by atoms with Gasteiger partial charge < -0.3 is 10.3 Å². The summed E-state index contributed by atoms with van der Waals surface area (Å²) in [5.41, 5.74) is 3.06. The molecule has 4 nitrogen and oxygen atoms in total. The minimum absolute atomic E-state index is 0.0137. The molecule has 2 heterocycles. The lowest BCUT2D eigenvalue weighted by atomic mass is 10.1. The predicted molar refractivity (Wildman–Crippen MR) is 78.1 cm³/mol. The number of aromatic nitrogens is 2. The molecule has 0 aliphatic heterocycles. The van der Waals surface area contributed by atoms with Gasteiger partial charge in [0.25, 0.3) is 0 Å². The van der Waals surface area contributed by atoms with Gasteiger partial charge in [-0.05, 0) is 34.7 Å². The molecule has 3 aromatic rings. The summed E-state index contributed by atoms with van der Waals surface area (Å²) >= 11 is 0. The molecular weight excluding hydrogens is 250 g/mol. The maximum absolute atomic E-state index is 11.9. The van der Waals surface area contributed by atoms with Crippen LogP contribution < -0.4 is 5.32 Å². The summed E-state index contributed by atoms with van der Waals surface area (Å²) in [7, 11) is 0.